The quantitative estimate of drug-likeness (QED) is 0.454. The molecule has 0 aliphatic rings. The van der Waals surface area contributed by atoms with E-state index in [2.05, 4.69) is 5.32 Å². The van der Waals surface area contributed by atoms with E-state index < -0.39 is 0 Å². The average molecular weight is 253 g/mol. The molecule has 6 nitrogen and oxygen atoms in total. The molecule has 0 saturated heterocycles. The zero-order valence-electron chi connectivity index (χ0n) is 11.0. The Kier molecular flexibility index (Phi) is 5.38. The molecule has 18 heavy (non-hydrogen) atoms. The van der Waals surface area contributed by atoms with E-state index >= 15 is 0 Å². The van der Waals surface area contributed by atoms with E-state index in [9.17, 15) is 10.1 Å². The van der Waals surface area contributed by atoms with E-state index in [0.29, 0.717) is 11.4 Å². The van der Waals surface area contributed by atoms with E-state index in [1.165, 1.54) is 13.2 Å². The number of anilines is 1. The van der Waals surface area contributed by atoms with Gasteiger partial charge in [0, 0.05) is 13.6 Å². The van der Waals surface area contributed by atoms with Gasteiger partial charge < -0.3 is 15.0 Å². The molecule has 0 heterocycles. The van der Waals surface area contributed by atoms with Gasteiger partial charge in [-0.05, 0) is 32.1 Å². The van der Waals surface area contributed by atoms with Crippen LogP contribution in [0.5, 0.6) is 5.75 Å². The van der Waals surface area contributed by atoms with E-state index in [0.717, 1.165) is 19.5 Å². The molecule has 0 aliphatic heterocycles. The maximum absolute atomic E-state index is 11.0. The van der Waals surface area contributed by atoms with Gasteiger partial charge in [-0.15, -0.1) is 0 Å². The van der Waals surface area contributed by atoms with Gasteiger partial charge in [-0.2, -0.15) is 0 Å². The van der Waals surface area contributed by atoms with Crippen LogP contribution < -0.4 is 15.0 Å². The molecule has 0 spiro atoms. The highest BCUT2D eigenvalue weighted by Crippen LogP contribution is 2.31. The van der Waals surface area contributed by atoms with Crippen molar-refractivity contribution in [1.82, 2.24) is 5.32 Å². The molecule has 1 rings (SSSR count). The van der Waals surface area contributed by atoms with Crippen LogP contribution in [0.1, 0.15) is 6.42 Å². The van der Waals surface area contributed by atoms with Crippen molar-refractivity contribution in [1.29, 1.82) is 0 Å². The number of benzene rings is 1. The van der Waals surface area contributed by atoms with E-state index in [4.69, 9.17) is 4.74 Å². The fourth-order valence-corrected chi connectivity index (χ4v) is 1.71. The lowest BCUT2D eigenvalue weighted by Crippen LogP contribution is -2.22. The highest BCUT2D eigenvalue weighted by atomic mass is 16.6. The lowest BCUT2D eigenvalue weighted by atomic mass is 10.2. The normalized spacial score (nSPS) is 10.2. The van der Waals surface area contributed by atoms with E-state index in [1.54, 1.807) is 12.1 Å². The third-order valence-corrected chi connectivity index (χ3v) is 2.71. The Bertz CT molecular complexity index is 410. The van der Waals surface area contributed by atoms with Gasteiger partial charge in [0.2, 0.25) is 0 Å². The van der Waals surface area contributed by atoms with Crippen molar-refractivity contribution in [3.8, 4) is 5.75 Å². The predicted octanol–water partition coefficient (Wildman–Crippen LogP) is 1.65. The minimum atomic E-state index is -0.383. The van der Waals surface area contributed by atoms with Crippen LogP contribution >= 0.6 is 0 Å². The Balaban J connectivity index is 2.89. The molecular weight excluding hydrogens is 234 g/mol. The van der Waals surface area contributed by atoms with Gasteiger partial charge in [-0.3, -0.25) is 10.1 Å². The topological polar surface area (TPSA) is 67.6 Å². The minimum Gasteiger partial charge on any atom is -0.496 e. The monoisotopic (exact) mass is 253 g/mol. The van der Waals surface area contributed by atoms with Crippen LogP contribution in [0.25, 0.3) is 0 Å². The van der Waals surface area contributed by atoms with Gasteiger partial charge in [0.05, 0.1) is 18.1 Å². The van der Waals surface area contributed by atoms with Crippen LogP contribution in [-0.2, 0) is 0 Å². The number of methoxy groups -OCH3 is 1. The summed E-state index contributed by atoms with van der Waals surface area (Å²) in [4.78, 5) is 12.5. The Morgan fingerprint density at radius 2 is 2.22 bits per heavy atom. The van der Waals surface area contributed by atoms with Gasteiger partial charge in [-0.25, -0.2) is 0 Å². The third-order valence-electron chi connectivity index (χ3n) is 2.71. The van der Waals surface area contributed by atoms with Crippen molar-refractivity contribution in [3.63, 3.8) is 0 Å². The zero-order valence-corrected chi connectivity index (χ0v) is 11.0. The molecule has 0 radical (unpaired) electrons. The lowest BCUT2D eigenvalue weighted by Gasteiger charge is -2.19. The van der Waals surface area contributed by atoms with Crippen LogP contribution in [-0.4, -0.2) is 39.2 Å². The zero-order chi connectivity index (χ0) is 13.5. The van der Waals surface area contributed by atoms with Crippen LogP contribution in [0.2, 0.25) is 0 Å². The summed E-state index contributed by atoms with van der Waals surface area (Å²) in [5.41, 5.74) is 0.679. The smallest absolute Gasteiger partial charge is 0.296 e. The molecule has 0 aromatic heterocycles. The molecule has 0 saturated carbocycles. The van der Waals surface area contributed by atoms with Crippen molar-refractivity contribution in [2.45, 2.75) is 6.42 Å². The number of hydrogen-bond donors (Lipinski definition) is 1. The summed E-state index contributed by atoms with van der Waals surface area (Å²) in [6, 6.07) is 4.90. The molecule has 0 fully saturated rings. The standard InChI is InChI=1S/C12H19N3O3/c1-13-7-4-8-14(2)11-6-5-10(18-3)9-12(11)15(16)17/h5-6,9,13H,4,7-8H2,1-3H3. The second kappa shape index (κ2) is 6.80. The summed E-state index contributed by atoms with van der Waals surface area (Å²) in [7, 11) is 5.23. The fraction of sp³-hybridized carbons (Fsp3) is 0.500. The Morgan fingerprint density at radius 3 is 2.78 bits per heavy atom. The predicted molar refractivity (Wildman–Crippen MR) is 71.5 cm³/mol. The molecule has 1 N–H and O–H groups in total. The number of rotatable bonds is 7. The molecule has 100 valence electrons. The van der Waals surface area contributed by atoms with Gasteiger partial charge >= 0.3 is 0 Å². The molecule has 0 aliphatic carbocycles. The van der Waals surface area contributed by atoms with Gasteiger partial charge in [0.25, 0.3) is 5.69 Å². The fourth-order valence-electron chi connectivity index (χ4n) is 1.71. The summed E-state index contributed by atoms with van der Waals surface area (Å²) in [6.45, 7) is 1.64. The maximum atomic E-state index is 11.0. The molecule has 6 heteroatoms. The molecular formula is C12H19N3O3. The first kappa shape index (κ1) is 14.2. The highest BCUT2D eigenvalue weighted by Gasteiger charge is 2.17. The molecule has 0 unspecified atom stereocenters. The van der Waals surface area contributed by atoms with Crippen molar-refractivity contribution in [2.24, 2.45) is 0 Å². The average Bonchev–Trinajstić information content (AvgIpc) is 2.38. The Labute approximate surface area is 107 Å². The van der Waals surface area contributed by atoms with Crippen molar-refractivity contribution in [3.05, 3.63) is 28.3 Å². The number of hydrogen-bond acceptors (Lipinski definition) is 5. The molecule has 0 bridgehead atoms. The van der Waals surface area contributed by atoms with Gasteiger partial charge in [-0.1, -0.05) is 0 Å². The molecule has 0 atom stereocenters. The van der Waals surface area contributed by atoms with Crippen LogP contribution in [0.4, 0.5) is 11.4 Å². The first-order chi connectivity index (χ1) is 8.60. The van der Waals surface area contributed by atoms with Crippen LogP contribution in [0.15, 0.2) is 18.2 Å². The number of nitrogens with zero attached hydrogens (tertiary/aromatic N) is 2. The van der Waals surface area contributed by atoms with E-state index in [-0.39, 0.29) is 10.6 Å². The highest BCUT2D eigenvalue weighted by molar-refractivity contribution is 5.65. The minimum absolute atomic E-state index is 0.0707. The number of nitro groups is 1. The Hall–Kier alpha value is -1.82. The Morgan fingerprint density at radius 1 is 1.50 bits per heavy atom. The SMILES string of the molecule is CNCCCN(C)c1ccc(OC)cc1[N+](=O)[O-]. The van der Waals surface area contributed by atoms with Crippen molar-refractivity contribution >= 4 is 11.4 Å². The molecule has 1 aromatic rings. The number of nitro benzene ring substituents is 1. The van der Waals surface area contributed by atoms with Crippen LogP contribution in [0.3, 0.4) is 0 Å². The first-order valence-corrected chi connectivity index (χ1v) is 5.78. The first-order valence-electron chi connectivity index (χ1n) is 5.78. The summed E-state index contributed by atoms with van der Waals surface area (Å²) < 4.78 is 5.01. The second-order valence-electron chi connectivity index (χ2n) is 3.99. The van der Waals surface area contributed by atoms with Gasteiger partial charge in [0.15, 0.2) is 0 Å². The largest absolute Gasteiger partial charge is 0.496 e. The van der Waals surface area contributed by atoms with Crippen molar-refractivity contribution < 1.29 is 9.66 Å². The summed E-state index contributed by atoms with van der Waals surface area (Å²) in [5.74, 6) is 0.495. The van der Waals surface area contributed by atoms with Gasteiger partial charge in [0.1, 0.15) is 11.4 Å². The van der Waals surface area contributed by atoms with E-state index in [1.807, 2.05) is 19.0 Å². The summed E-state index contributed by atoms with van der Waals surface area (Å²) >= 11 is 0. The summed E-state index contributed by atoms with van der Waals surface area (Å²) in [5, 5.41) is 14.1. The lowest BCUT2D eigenvalue weighted by molar-refractivity contribution is -0.384. The number of ether oxygens (including phenoxy) is 1. The summed E-state index contributed by atoms with van der Waals surface area (Å²) in [6.07, 6.45) is 0.927. The third kappa shape index (κ3) is 3.59. The second-order valence-corrected chi connectivity index (χ2v) is 3.99. The molecule has 1 aromatic carbocycles. The number of nitrogens with one attached hydrogen (secondary N) is 1. The molecule has 0 amide bonds. The van der Waals surface area contributed by atoms with Crippen LogP contribution in [0, 0.1) is 10.1 Å². The van der Waals surface area contributed by atoms with Crippen molar-refractivity contribution in [2.75, 3.05) is 39.2 Å². The maximum Gasteiger partial charge on any atom is 0.296 e.